The summed E-state index contributed by atoms with van der Waals surface area (Å²) >= 11 is 2.05. The first-order valence-corrected chi connectivity index (χ1v) is 12.1. The van der Waals surface area contributed by atoms with Crippen LogP contribution in [-0.4, -0.2) is 86.6 Å². The number of hydrogen-bond donors (Lipinski definition) is 2. The summed E-state index contributed by atoms with van der Waals surface area (Å²) in [6.07, 6.45) is 3.38. The van der Waals surface area contributed by atoms with Crippen molar-refractivity contribution < 1.29 is 9.47 Å². The predicted octanol–water partition coefficient (Wildman–Crippen LogP) is 2.59. The van der Waals surface area contributed by atoms with E-state index in [9.17, 15) is 0 Å². The lowest BCUT2D eigenvalue weighted by molar-refractivity contribution is 0.0132. The van der Waals surface area contributed by atoms with Gasteiger partial charge in [-0.15, -0.1) is 0 Å². The molecule has 2 fully saturated rings. The van der Waals surface area contributed by atoms with Crippen LogP contribution in [0.1, 0.15) is 47.0 Å². The van der Waals surface area contributed by atoms with Crippen LogP contribution in [0.4, 0.5) is 0 Å². The number of aliphatic imine (C=N–C) groups is 1. The standard InChI is InChI=1S/C21H42N4O2S/c1-5-22-20(24-17-21(28-6-2)7-11-26-12-8-21)23-16-19(15-18(3)4)25-9-13-27-14-10-25/h18-19H,5-17H2,1-4H3,(H2,22,23,24). The molecule has 7 heteroatoms. The summed E-state index contributed by atoms with van der Waals surface area (Å²) in [5, 5.41) is 7.09. The fourth-order valence-electron chi connectivity index (χ4n) is 4.03. The first kappa shape index (κ1) is 23.8. The summed E-state index contributed by atoms with van der Waals surface area (Å²) < 4.78 is 11.4. The predicted molar refractivity (Wildman–Crippen MR) is 121 cm³/mol. The van der Waals surface area contributed by atoms with Gasteiger partial charge in [0.2, 0.25) is 0 Å². The molecule has 2 saturated heterocycles. The molecule has 0 saturated carbocycles. The Balaban J connectivity index is 1.97. The summed E-state index contributed by atoms with van der Waals surface area (Å²) in [7, 11) is 0. The van der Waals surface area contributed by atoms with E-state index in [2.05, 4.69) is 55.0 Å². The number of rotatable bonds is 10. The number of morpholine rings is 1. The van der Waals surface area contributed by atoms with Crippen molar-refractivity contribution in [2.45, 2.75) is 57.7 Å². The van der Waals surface area contributed by atoms with E-state index in [1.165, 1.54) is 6.42 Å². The maximum Gasteiger partial charge on any atom is 0.191 e. The molecular formula is C21H42N4O2S. The summed E-state index contributed by atoms with van der Waals surface area (Å²) in [6, 6.07) is 0.523. The zero-order valence-electron chi connectivity index (χ0n) is 18.5. The second-order valence-corrected chi connectivity index (χ2v) is 9.97. The molecule has 2 aliphatic rings. The number of nitrogens with zero attached hydrogens (tertiary/aromatic N) is 2. The number of guanidine groups is 1. The van der Waals surface area contributed by atoms with Crippen LogP contribution < -0.4 is 10.6 Å². The van der Waals surface area contributed by atoms with Crippen LogP contribution in [0.2, 0.25) is 0 Å². The molecular weight excluding hydrogens is 372 g/mol. The van der Waals surface area contributed by atoms with E-state index in [1.807, 2.05) is 0 Å². The highest BCUT2D eigenvalue weighted by Crippen LogP contribution is 2.35. The van der Waals surface area contributed by atoms with E-state index in [0.29, 0.717) is 12.0 Å². The Labute approximate surface area is 176 Å². The van der Waals surface area contributed by atoms with Gasteiger partial charge in [0.05, 0.1) is 19.8 Å². The third-order valence-corrected chi connectivity index (χ3v) is 6.97. The zero-order valence-corrected chi connectivity index (χ0v) is 19.3. The fraction of sp³-hybridized carbons (Fsp3) is 0.952. The Bertz CT molecular complexity index is 444. The van der Waals surface area contributed by atoms with Crippen molar-refractivity contribution in [3.8, 4) is 0 Å². The van der Waals surface area contributed by atoms with Crippen molar-refractivity contribution >= 4 is 17.7 Å². The summed E-state index contributed by atoms with van der Waals surface area (Å²) in [5.41, 5.74) is 0. The molecule has 1 atom stereocenters. The Morgan fingerprint density at radius 1 is 1.07 bits per heavy atom. The van der Waals surface area contributed by atoms with Gasteiger partial charge >= 0.3 is 0 Å². The minimum absolute atomic E-state index is 0.233. The van der Waals surface area contributed by atoms with Gasteiger partial charge in [0.1, 0.15) is 0 Å². The van der Waals surface area contributed by atoms with Gasteiger partial charge in [0.15, 0.2) is 5.96 Å². The van der Waals surface area contributed by atoms with Gasteiger partial charge < -0.3 is 20.1 Å². The third kappa shape index (κ3) is 8.09. The van der Waals surface area contributed by atoms with E-state index < -0.39 is 0 Å². The molecule has 164 valence electrons. The maximum atomic E-state index is 5.60. The highest BCUT2D eigenvalue weighted by molar-refractivity contribution is 8.00. The molecule has 0 aliphatic carbocycles. The monoisotopic (exact) mass is 414 g/mol. The topological polar surface area (TPSA) is 58.1 Å². The Morgan fingerprint density at radius 3 is 2.36 bits per heavy atom. The van der Waals surface area contributed by atoms with E-state index in [0.717, 1.165) is 83.7 Å². The van der Waals surface area contributed by atoms with Crippen LogP contribution in [0.3, 0.4) is 0 Å². The van der Waals surface area contributed by atoms with Gasteiger partial charge in [0.25, 0.3) is 0 Å². The molecule has 0 bridgehead atoms. The lowest BCUT2D eigenvalue weighted by Crippen LogP contribution is -2.51. The molecule has 0 aromatic rings. The summed E-state index contributed by atoms with van der Waals surface area (Å²) in [4.78, 5) is 7.58. The molecule has 1 unspecified atom stereocenters. The van der Waals surface area contributed by atoms with Crippen LogP contribution in [0.5, 0.6) is 0 Å². The van der Waals surface area contributed by atoms with E-state index in [-0.39, 0.29) is 4.75 Å². The third-order valence-electron chi connectivity index (χ3n) is 5.53. The molecule has 0 aromatic carbocycles. The van der Waals surface area contributed by atoms with Gasteiger partial charge in [-0.3, -0.25) is 9.89 Å². The van der Waals surface area contributed by atoms with Crippen LogP contribution in [-0.2, 0) is 9.47 Å². The normalized spacial score (nSPS) is 22.2. The van der Waals surface area contributed by atoms with Crippen molar-refractivity contribution in [3.05, 3.63) is 0 Å². The van der Waals surface area contributed by atoms with Crippen LogP contribution in [0, 0.1) is 5.92 Å². The highest BCUT2D eigenvalue weighted by atomic mass is 32.2. The number of hydrogen-bond acceptors (Lipinski definition) is 5. The molecule has 2 rings (SSSR count). The lowest BCUT2D eigenvalue weighted by Gasteiger charge is -2.36. The van der Waals surface area contributed by atoms with Crippen LogP contribution >= 0.6 is 11.8 Å². The van der Waals surface area contributed by atoms with Crippen LogP contribution in [0.25, 0.3) is 0 Å². The zero-order chi connectivity index (χ0) is 20.2. The molecule has 2 aliphatic heterocycles. The van der Waals surface area contributed by atoms with E-state index in [4.69, 9.17) is 14.5 Å². The molecule has 0 aromatic heterocycles. The molecule has 0 spiro atoms. The van der Waals surface area contributed by atoms with Crippen molar-refractivity contribution in [1.82, 2.24) is 15.5 Å². The molecule has 0 radical (unpaired) electrons. The van der Waals surface area contributed by atoms with Crippen molar-refractivity contribution in [2.75, 3.05) is 64.9 Å². The van der Waals surface area contributed by atoms with Gasteiger partial charge in [-0.2, -0.15) is 11.8 Å². The summed E-state index contributed by atoms with van der Waals surface area (Å²) in [6.45, 7) is 17.2. The Kier molecular flexibility index (Phi) is 11.0. The number of nitrogens with one attached hydrogen (secondary N) is 2. The minimum atomic E-state index is 0.233. The largest absolute Gasteiger partial charge is 0.381 e. The highest BCUT2D eigenvalue weighted by Gasteiger charge is 2.32. The molecule has 6 nitrogen and oxygen atoms in total. The fourth-order valence-corrected chi connectivity index (χ4v) is 5.25. The quantitative estimate of drug-likeness (QED) is 0.423. The van der Waals surface area contributed by atoms with Gasteiger partial charge in [-0.1, -0.05) is 20.8 Å². The van der Waals surface area contributed by atoms with Gasteiger partial charge in [-0.25, -0.2) is 0 Å². The van der Waals surface area contributed by atoms with Gasteiger partial charge in [0, 0.05) is 50.2 Å². The molecule has 0 amide bonds. The maximum absolute atomic E-state index is 5.60. The number of ether oxygens (including phenoxy) is 2. The molecule has 2 N–H and O–H groups in total. The van der Waals surface area contributed by atoms with E-state index >= 15 is 0 Å². The van der Waals surface area contributed by atoms with Crippen molar-refractivity contribution in [3.63, 3.8) is 0 Å². The smallest absolute Gasteiger partial charge is 0.191 e. The van der Waals surface area contributed by atoms with Crippen molar-refractivity contribution in [2.24, 2.45) is 10.9 Å². The van der Waals surface area contributed by atoms with Crippen LogP contribution in [0.15, 0.2) is 4.99 Å². The first-order chi connectivity index (χ1) is 13.6. The minimum Gasteiger partial charge on any atom is -0.381 e. The lowest BCUT2D eigenvalue weighted by atomic mass is 9.99. The number of thioether (sulfide) groups is 1. The second-order valence-electron chi connectivity index (χ2n) is 8.24. The summed E-state index contributed by atoms with van der Waals surface area (Å²) in [5.74, 6) is 2.76. The van der Waals surface area contributed by atoms with Gasteiger partial charge in [-0.05, 0) is 37.9 Å². The van der Waals surface area contributed by atoms with E-state index in [1.54, 1.807) is 0 Å². The second kappa shape index (κ2) is 12.9. The first-order valence-electron chi connectivity index (χ1n) is 11.1. The van der Waals surface area contributed by atoms with Crippen molar-refractivity contribution in [1.29, 1.82) is 0 Å². The Morgan fingerprint density at radius 2 is 1.75 bits per heavy atom. The average molecular weight is 415 g/mol. The SMILES string of the molecule is CCNC(=NCC1(SCC)CCOCC1)NCC(CC(C)C)N1CCOCC1. The Hall–Kier alpha value is -0.500. The molecule has 28 heavy (non-hydrogen) atoms. The average Bonchev–Trinajstić information content (AvgIpc) is 2.70. The molecule has 2 heterocycles.